The van der Waals surface area contributed by atoms with Crippen molar-refractivity contribution in [2.24, 2.45) is 0 Å². The molecule has 0 unspecified atom stereocenters. The van der Waals surface area contributed by atoms with Crippen molar-refractivity contribution in [1.82, 2.24) is 0 Å². The van der Waals surface area contributed by atoms with Gasteiger partial charge in [-0.15, -0.1) is 0 Å². The third-order valence-electron chi connectivity index (χ3n) is 3.30. The molecule has 3 N–H and O–H groups in total. The van der Waals surface area contributed by atoms with Gasteiger partial charge in [-0.25, -0.2) is 8.42 Å². The maximum absolute atomic E-state index is 11.9. The molecule has 0 aromatic heterocycles. The normalized spacial score (nSPS) is 12.0. The molecule has 0 aliphatic rings. The molecular formula is C16H24O5S. The zero-order chi connectivity index (χ0) is 16.4. The molecule has 1 aromatic carbocycles. The van der Waals surface area contributed by atoms with Crippen LogP contribution in [0.5, 0.6) is 11.5 Å². The summed E-state index contributed by atoms with van der Waals surface area (Å²) in [6.45, 7) is 0.214. The molecule has 22 heavy (non-hydrogen) atoms. The van der Waals surface area contributed by atoms with Crippen LogP contribution >= 0.6 is 0 Å². The molecule has 124 valence electrons. The summed E-state index contributed by atoms with van der Waals surface area (Å²) in [6.07, 6.45) is 6.67. The number of phenolic OH excluding ortho intramolecular Hbond substituents is 2. The SMILES string of the molecule is O=S(=O)(/C=C/c1ccc(O)c(O)c1)CCCCCCCCO. The van der Waals surface area contributed by atoms with Gasteiger partial charge in [0, 0.05) is 12.0 Å². The van der Waals surface area contributed by atoms with Crippen LogP contribution in [0.4, 0.5) is 0 Å². The van der Waals surface area contributed by atoms with Crippen molar-refractivity contribution in [2.75, 3.05) is 12.4 Å². The van der Waals surface area contributed by atoms with Crippen LogP contribution in [0.25, 0.3) is 6.08 Å². The number of sulfone groups is 1. The van der Waals surface area contributed by atoms with Crippen LogP contribution in [0.2, 0.25) is 0 Å². The first-order valence-corrected chi connectivity index (χ1v) is 9.20. The number of aromatic hydroxyl groups is 2. The van der Waals surface area contributed by atoms with Gasteiger partial charge in [0.1, 0.15) is 0 Å². The van der Waals surface area contributed by atoms with E-state index in [1.807, 2.05) is 0 Å². The van der Waals surface area contributed by atoms with Gasteiger partial charge in [0.2, 0.25) is 0 Å². The number of rotatable bonds is 10. The fourth-order valence-electron chi connectivity index (χ4n) is 2.02. The third-order valence-corrected chi connectivity index (χ3v) is 4.71. The lowest BCUT2D eigenvalue weighted by atomic mass is 10.1. The van der Waals surface area contributed by atoms with E-state index < -0.39 is 9.84 Å². The van der Waals surface area contributed by atoms with Crippen LogP contribution in [0.1, 0.15) is 44.1 Å². The van der Waals surface area contributed by atoms with E-state index in [0.717, 1.165) is 37.5 Å². The molecule has 0 radical (unpaired) electrons. The lowest BCUT2D eigenvalue weighted by Crippen LogP contribution is -2.01. The number of aliphatic hydroxyl groups is 1. The van der Waals surface area contributed by atoms with Crippen molar-refractivity contribution in [1.29, 1.82) is 0 Å². The molecule has 6 heteroatoms. The maximum Gasteiger partial charge on any atom is 0.171 e. The molecule has 0 fully saturated rings. The van der Waals surface area contributed by atoms with E-state index in [1.165, 1.54) is 24.3 Å². The Morgan fingerprint density at radius 1 is 0.909 bits per heavy atom. The predicted octanol–water partition coefficient (Wildman–Crippen LogP) is 2.82. The minimum Gasteiger partial charge on any atom is -0.504 e. The van der Waals surface area contributed by atoms with Gasteiger partial charge in [-0.05, 0) is 36.6 Å². The van der Waals surface area contributed by atoms with E-state index >= 15 is 0 Å². The zero-order valence-electron chi connectivity index (χ0n) is 12.6. The summed E-state index contributed by atoms with van der Waals surface area (Å²) in [4.78, 5) is 0. The molecule has 0 aliphatic carbocycles. The molecule has 1 rings (SSSR count). The van der Waals surface area contributed by atoms with E-state index in [1.54, 1.807) is 0 Å². The fraction of sp³-hybridized carbons (Fsp3) is 0.500. The Hall–Kier alpha value is -1.53. The Kier molecular flexibility index (Phi) is 7.98. The molecule has 0 heterocycles. The van der Waals surface area contributed by atoms with Crippen LogP contribution in [-0.2, 0) is 9.84 Å². The smallest absolute Gasteiger partial charge is 0.171 e. The van der Waals surface area contributed by atoms with Gasteiger partial charge in [0.15, 0.2) is 21.3 Å². The van der Waals surface area contributed by atoms with Crippen molar-refractivity contribution < 1.29 is 23.7 Å². The highest BCUT2D eigenvalue weighted by atomic mass is 32.2. The second-order valence-electron chi connectivity index (χ2n) is 5.26. The predicted molar refractivity (Wildman–Crippen MR) is 87.4 cm³/mol. The van der Waals surface area contributed by atoms with Crippen LogP contribution in [0.3, 0.4) is 0 Å². The first-order valence-electron chi connectivity index (χ1n) is 7.48. The van der Waals surface area contributed by atoms with Crippen molar-refractivity contribution in [3.8, 4) is 11.5 Å². The standard InChI is InChI=1S/C16H24O5S/c17-10-5-3-1-2-4-6-11-22(20,21)12-9-14-7-8-15(18)16(19)13-14/h7-9,12-13,17-19H,1-6,10-11H2/b12-9+. The largest absolute Gasteiger partial charge is 0.504 e. The second-order valence-corrected chi connectivity index (χ2v) is 7.27. The zero-order valence-corrected chi connectivity index (χ0v) is 13.4. The monoisotopic (exact) mass is 328 g/mol. The summed E-state index contributed by atoms with van der Waals surface area (Å²) in [5.74, 6) is -0.406. The van der Waals surface area contributed by atoms with E-state index in [4.69, 9.17) is 5.11 Å². The second kappa shape index (κ2) is 9.48. The number of benzene rings is 1. The van der Waals surface area contributed by atoms with Crippen molar-refractivity contribution in [3.05, 3.63) is 29.2 Å². The van der Waals surface area contributed by atoms with Gasteiger partial charge in [0.05, 0.1) is 5.75 Å². The Balaban J connectivity index is 2.36. The van der Waals surface area contributed by atoms with Gasteiger partial charge < -0.3 is 15.3 Å². The molecule has 0 aliphatic heterocycles. The third kappa shape index (κ3) is 7.47. The Morgan fingerprint density at radius 3 is 2.18 bits per heavy atom. The summed E-state index contributed by atoms with van der Waals surface area (Å²) in [7, 11) is -3.26. The van der Waals surface area contributed by atoms with Gasteiger partial charge in [-0.1, -0.05) is 31.7 Å². The molecule has 0 amide bonds. The molecular weight excluding hydrogens is 304 g/mol. The molecule has 0 bridgehead atoms. The molecule has 5 nitrogen and oxygen atoms in total. The quantitative estimate of drug-likeness (QED) is 0.453. The minimum absolute atomic E-state index is 0.105. The van der Waals surface area contributed by atoms with Crippen LogP contribution in [0, 0.1) is 0 Å². The van der Waals surface area contributed by atoms with Crippen LogP contribution in [-0.4, -0.2) is 36.1 Å². The molecule has 0 saturated carbocycles. The van der Waals surface area contributed by atoms with Gasteiger partial charge in [-0.3, -0.25) is 0 Å². The highest BCUT2D eigenvalue weighted by Gasteiger charge is 2.06. The first-order chi connectivity index (χ1) is 10.4. The molecule has 0 saturated heterocycles. The Labute approximate surface area is 131 Å². The summed E-state index contributed by atoms with van der Waals surface area (Å²) >= 11 is 0. The number of hydrogen-bond acceptors (Lipinski definition) is 5. The summed E-state index contributed by atoms with van der Waals surface area (Å²) < 4.78 is 23.7. The van der Waals surface area contributed by atoms with E-state index in [9.17, 15) is 18.6 Å². The van der Waals surface area contributed by atoms with Crippen LogP contribution in [0.15, 0.2) is 23.6 Å². The fourth-order valence-corrected chi connectivity index (χ4v) is 3.12. The lowest BCUT2D eigenvalue weighted by Gasteiger charge is -2.01. The summed E-state index contributed by atoms with van der Waals surface area (Å²) in [5, 5.41) is 28.3. The summed E-state index contributed by atoms with van der Waals surface area (Å²) in [6, 6.07) is 4.15. The Bertz CT molecular complexity index is 578. The van der Waals surface area contributed by atoms with Gasteiger partial charge in [-0.2, -0.15) is 0 Å². The maximum atomic E-state index is 11.9. The molecule has 1 aromatic rings. The number of hydrogen-bond donors (Lipinski definition) is 3. The van der Waals surface area contributed by atoms with Crippen LogP contribution < -0.4 is 0 Å². The number of phenols is 2. The first kappa shape index (κ1) is 18.5. The lowest BCUT2D eigenvalue weighted by molar-refractivity contribution is 0.282. The van der Waals surface area contributed by atoms with Gasteiger partial charge >= 0.3 is 0 Å². The van der Waals surface area contributed by atoms with Crippen molar-refractivity contribution in [2.45, 2.75) is 38.5 Å². The molecule has 0 atom stereocenters. The topological polar surface area (TPSA) is 94.8 Å². The highest BCUT2D eigenvalue weighted by molar-refractivity contribution is 7.94. The van der Waals surface area contributed by atoms with Crippen molar-refractivity contribution >= 4 is 15.9 Å². The average molecular weight is 328 g/mol. The molecule has 0 spiro atoms. The van der Waals surface area contributed by atoms with Crippen molar-refractivity contribution in [3.63, 3.8) is 0 Å². The average Bonchev–Trinajstić information content (AvgIpc) is 2.48. The Morgan fingerprint density at radius 2 is 1.55 bits per heavy atom. The number of unbranched alkanes of at least 4 members (excludes halogenated alkanes) is 5. The minimum atomic E-state index is -3.26. The number of aliphatic hydroxyl groups excluding tert-OH is 1. The van der Waals surface area contributed by atoms with Gasteiger partial charge in [0.25, 0.3) is 0 Å². The van der Waals surface area contributed by atoms with E-state index in [2.05, 4.69) is 0 Å². The van der Waals surface area contributed by atoms with E-state index in [0.29, 0.717) is 12.0 Å². The summed E-state index contributed by atoms with van der Waals surface area (Å²) in [5.41, 5.74) is 0.517. The highest BCUT2D eigenvalue weighted by Crippen LogP contribution is 2.25. The van der Waals surface area contributed by atoms with E-state index in [-0.39, 0.29) is 23.9 Å².